The van der Waals surface area contributed by atoms with Gasteiger partial charge in [-0.1, -0.05) is 0 Å². The standard InChI is InChI=1S/C16H18N4O5/c1-9(25-16(24)13-7-8-14(22)20-19-13)15(23)18-12-5-3-11(4-6-12)17-10(2)21/h3-6,9H,7-8H2,1-2H3,(H,17,21)(H,18,23)(H,20,22)/t9-/m1/s1. The SMILES string of the molecule is CC(=O)Nc1ccc(NC(=O)[C@@H](C)OC(=O)C2=NNC(=O)CC2)cc1. The average Bonchev–Trinajstić information content (AvgIpc) is 2.56. The molecule has 9 nitrogen and oxygen atoms in total. The predicted octanol–water partition coefficient (Wildman–Crippen LogP) is 0.781. The maximum atomic E-state index is 12.1. The molecule has 0 radical (unpaired) electrons. The minimum absolute atomic E-state index is 0.0684. The fourth-order valence-electron chi connectivity index (χ4n) is 1.99. The molecule has 0 bridgehead atoms. The first-order chi connectivity index (χ1) is 11.8. The number of rotatable bonds is 5. The molecule has 0 unspecified atom stereocenters. The monoisotopic (exact) mass is 346 g/mol. The minimum Gasteiger partial charge on any atom is -0.448 e. The van der Waals surface area contributed by atoms with E-state index < -0.39 is 18.0 Å². The van der Waals surface area contributed by atoms with Crippen molar-refractivity contribution in [1.82, 2.24) is 5.43 Å². The summed E-state index contributed by atoms with van der Waals surface area (Å²) in [6.45, 7) is 2.83. The number of ether oxygens (including phenoxy) is 1. The van der Waals surface area contributed by atoms with Gasteiger partial charge in [-0.3, -0.25) is 14.4 Å². The lowest BCUT2D eigenvalue weighted by molar-refractivity contribution is -0.146. The van der Waals surface area contributed by atoms with Crippen LogP contribution in [-0.2, 0) is 23.9 Å². The molecule has 0 aromatic heterocycles. The molecule has 0 aliphatic carbocycles. The van der Waals surface area contributed by atoms with Crippen LogP contribution in [0.25, 0.3) is 0 Å². The Morgan fingerprint density at radius 3 is 2.24 bits per heavy atom. The van der Waals surface area contributed by atoms with Gasteiger partial charge in [0.15, 0.2) is 6.10 Å². The van der Waals surface area contributed by atoms with E-state index >= 15 is 0 Å². The Hall–Kier alpha value is -3.23. The van der Waals surface area contributed by atoms with Crippen LogP contribution in [0, 0.1) is 0 Å². The van der Waals surface area contributed by atoms with Gasteiger partial charge in [0.2, 0.25) is 11.8 Å². The summed E-state index contributed by atoms with van der Waals surface area (Å²) in [7, 11) is 0. The van der Waals surface area contributed by atoms with Gasteiger partial charge >= 0.3 is 5.97 Å². The van der Waals surface area contributed by atoms with Gasteiger partial charge in [-0.2, -0.15) is 5.10 Å². The molecule has 25 heavy (non-hydrogen) atoms. The Morgan fingerprint density at radius 1 is 1.12 bits per heavy atom. The Balaban J connectivity index is 1.88. The van der Waals surface area contributed by atoms with Gasteiger partial charge in [0, 0.05) is 31.1 Å². The van der Waals surface area contributed by atoms with E-state index in [0.717, 1.165) is 0 Å². The zero-order valence-electron chi connectivity index (χ0n) is 13.8. The second kappa shape index (κ2) is 8.04. The van der Waals surface area contributed by atoms with E-state index in [1.165, 1.54) is 13.8 Å². The first-order valence-electron chi connectivity index (χ1n) is 7.60. The number of amides is 3. The number of esters is 1. The van der Waals surface area contributed by atoms with Gasteiger partial charge < -0.3 is 15.4 Å². The van der Waals surface area contributed by atoms with Crippen molar-refractivity contribution in [3.05, 3.63) is 24.3 Å². The maximum Gasteiger partial charge on any atom is 0.355 e. The third-order valence-corrected chi connectivity index (χ3v) is 3.27. The first-order valence-corrected chi connectivity index (χ1v) is 7.60. The molecule has 3 N–H and O–H groups in total. The second-order valence-electron chi connectivity index (χ2n) is 5.39. The molecule has 0 saturated heterocycles. The molecule has 3 amide bonds. The van der Waals surface area contributed by atoms with Gasteiger partial charge in [0.1, 0.15) is 5.71 Å². The van der Waals surface area contributed by atoms with Gasteiger partial charge in [-0.25, -0.2) is 10.2 Å². The highest BCUT2D eigenvalue weighted by atomic mass is 16.5. The van der Waals surface area contributed by atoms with E-state index in [1.807, 2.05) is 0 Å². The zero-order valence-corrected chi connectivity index (χ0v) is 13.8. The summed E-state index contributed by atoms with van der Waals surface area (Å²) in [4.78, 5) is 45.9. The van der Waals surface area contributed by atoms with Gasteiger partial charge in [0.25, 0.3) is 5.91 Å². The number of hydrogen-bond donors (Lipinski definition) is 3. The number of carbonyl (C=O) groups excluding carboxylic acids is 4. The largest absolute Gasteiger partial charge is 0.448 e. The van der Waals surface area contributed by atoms with E-state index in [0.29, 0.717) is 11.4 Å². The van der Waals surface area contributed by atoms with E-state index in [1.54, 1.807) is 24.3 Å². The molecule has 0 fully saturated rings. The fraction of sp³-hybridized carbons (Fsp3) is 0.312. The summed E-state index contributed by atoms with van der Waals surface area (Å²) >= 11 is 0. The van der Waals surface area contributed by atoms with E-state index in [9.17, 15) is 19.2 Å². The molecule has 1 aromatic rings. The highest BCUT2D eigenvalue weighted by Crippen LogP contribution is 2.14. The number of nitrogens with zero attached hydrogens (tertiary/aromatic N) is 1. The average molecular weight is 346 g/mol. The molecular weight excluding hydrogens is 328 g/mol. The molecule has 1 aliphatic rings. The summed E-state index contributed by atoms with van der Waals surface area (Å²) in [5.41, 5.74) is 3.35. The van der Waals surface area contributed by atoms with Crippen LogP contribution in [0.15, 0.2) is 29.4 Å². The van der Waals surface area contributed by atoms with Gasteiger partial charge in [0.05, 0.1) is 0 Å². The Kier molecular flexibility index (Phi) is 5.83. The van der Waals surface area contributed by atoms with Crippen LogP contribution in [0.3, 0.4) is 0 Å². The van der Waals surface area contributed by atoms with Crippen LogP contribution >= 0.6 is 0 Å². The number of hydrogen-bond acceptors (Lipinski definition) is 6. The van der Waals surface area contributed by atoms with Crippen LogP contribution in [-0.4, -0.2) is 35.5 Å². The number of carbonyl (C=O) groups is 4. The van der Waals surface area contributed by atoms with Crippen LogP contribution < -0.4 is 16.1 Å². The van der Waals surface area contributed by atoms with Crippen LogP contribution in [0.4, 0.5) is 11.4 Å². The lowest BCUT2D eigenvalue weighted by Gasteiger charge is -2.16. The Labute approximate surface area is 143 Å². The number of benzene rings is 1. The van der Waals surface area contributed by atoms with Crippen molar-refractivity contribution < 1.29 is 23.9 Å². The van der Waals surface area contributed by atoms with E-state index in [2.05, 4.69) is 21.2 Å². The lowest BCUT2D eigenvalue weighted by Crippen LogP contribution is -2.35. The fourth-order valence-corrected chi connectivity index (χ4v) is 1.99. The summed E-state index contributed by atoms with van der Waals surface area (Å²) in [5.74, 6) is -1.73. The molecule has 1 aliphatic heterocycles. The topological polar surface area (TPSA) is 126 Å². The van der Waals surface area contributed by atoms with Crippen LogP contribution in [0.1, 0.15) is 26.7 Å². The zero-order chi connectivity index (χ0) is 18.4. The molecule has 1 atom stereocenters. The summed E-state index contributed by atoms with van der Waals surface area (Å²) in [6.07, 6.45) is -0.721. The first kappa shape index (κ1) is 18.1. The molecule has 0 spiro atoms. The number of anilines is 2. The highest BCUT2D eigenvalue weighted by Gasteiger charge is 2.24. The third-order valence-electron chi connectivity index (χ3n) is 3.27. The van der Waals surface area contributed by atoms with Crippen molar-refractivity contribution in [3.8, 4) is 0 Å². The van der Waals surface area contributed by atoms with Crippen molar-refractivity contribution >= 4 is 40.8 Å². The smallest absolute Gasteiger partial charge is 0.355 e. The van der Waals surface area contributed by atoms with Crippen molar-refractivity contribution in [2.75, 3.05) is 10.6 Å². The maximum absolute atomic E-state index is 12.1. The molecule has 9 heteroatoms. The second-order valence-corrected chi connectivity index (χ2v) is 5.39. The van der Waals surface area contributed by atoms with Crippen LogP contribution in [0.5, 0.6) is 0 Å². The molecule has 132 valence electrons. The highest BCUT2D eigenvalue weighted by molar-refractivity contribution is 6.37. The summed E-state index contributed by atoms with van der Waals surface area (Å²) in [5, 5.41) is 8.83. The van der Waals surface area contributed by atoms with E-state index in [4.69, 9.17) is 4.74 Å². The quantitative estimate of drug-likeness (QED) is 0.679. The molecular formula is C16H18N4O5. The Morgan fingerprint density at radius 2 is 1.72 bits per heavy atom. The van der Waals surface area contributed by atoms with Gasteiger partial charge in [-0.05, 0) is 31.2 Å². The summed E-state index contributed by atoms with van der Waals surface area (Å²) < 4.78 is 5.05. The minimum atomic E-state index is -1.04. The van der Waals surface area contributed by atoms with Crippen molar-refractivity contribution in [3.63, 3.8) is 0 Å². The molecule has 0 saturated carbocycles. The molecule has 2 rings (SSSR count). The van der Waals surface area contributed by atoms with Crippen molar-refractivity contribution in [1.29, 1.82) is 0 Å². The lowest BCUT2D eigenvalue weighted by atomic mass is 10.2. The third kappa shape index (κ3) is 5.41. The van der Waals surface area contributed by atoms with Gasteiger partial charge in [-0.15, -0.1) is 0 Å². The predicted molar refractivity (Wildman–Crippen MR) is 89.7 cm³/mol. The normalized spacial score (nSPS) is 14.6. The number of hydrazone groups is 1. The Bertz CT molecular complexity index is 727. The van der Waals surface area contributed by atoms with E-state index in [-0.39, 0.29) is 30.4 Å². The van der Waals surface area contributed by atoms with Crippen LogP contribution in [0.2, 0.25) is 0 Å². The molecule has 1 aromatic carbocycles. The summed E-state index contributed by atoms with van der Waals surface area (Å²) in [6, 6.07) is 6.48. The van der Waals surface area contributed by atoms with Crippen molar-refractivity contribution in [2.45, 2.75) is 32.8 Å². The number of nitrogens with one attached hydrogen (secondary N) is 3. The molecule has 1 heterocycles. The van der Waals surface area contributed by atoms with Crippen molar-refractivity contribution in [2.24, 2.45) is 5.10 Å².